The van der Waals surface area contributed by atoms with Crippen LogP contribution in [0.1, 0.15) is 79.1 Å². The van der Waals surface area contributed by atoms with Gasteiger partial charge in [0, 0.05) is 5.41 Å². The smallest absolute Gasteiger partial charge is 0.135 e. The van der Waals surface area contributed by atoms with E-state index in [0.717, 1.165) is 25.7 Å². The van der Waals surface area contributed by atoms with Crippen molar-refractivity contribution >= 4 is 5.78 Å². The Bertz CT molecular complexity index is 164. The van der Waals surface area contributed by atoms with Gasteiger partial charge in [-0.3, -0.25) is 4.79 Å². The molecule has 1 nitrogen and oxygen atoms in total. The Morgan fingerprint density at radius 1 is 0.867 bits per heavy atom. The number of ketones is 1. The summed E-state index contributed by atoms with van der Waals surface area (Å²) in [5, 5.41) is 0. The van der Waals surface area contributed by atoms with Crippen molar-refractivity contribution in [2.24, 2.45) is 5.41 Å². The molecule has 0 aliphatic heterocycles. The normalized spacial score (nSPS) is 11.7. The van der Waals surface area contributed by atoms with Crippen molar-refractivity contribution in [2.45, 2.75) is 79.1 Å². The maximum absolute atomic E-state index is 11.9. The molecule has 1 heteroatoms. The Hall–Kier alpha value is -0.330. The van der Waals surface area contributed by atoms with E-state index < -0.39 is 0 Å². The molecule has 0 atom stereocenters. The third kappa shape index (κ3) is 4.81. The lowest BCUT2D eigenvalue weighted by molar-refractivity contribution is -0.128. The number of hydrogen-bond acceptors (Lipinski definition) is 1. The highest BCUT2D eigenvalue weighted by Crippen LogP contribution is 2.36. The Labute approximate surface area is 95.6 Å². The minimum Gasteiger partial charge on any atom is -0.299 e. The molecule has 0 saturated heterocycles. The molecular formula is C14H28O. The first-order chi connectivity index (χ1) is 7.13. The molecule has 0 aromatic heterocycles. The van der Waals surface area contributed by atoms with E-state index in [0.29, 0.717) is 5.78 Å². The Balaban J connectivity index is 4.48. The van der Waals surface area contributed by atoms with Crippen LogP contribution in [0, 0.1) is 5.41 Å². The summed E-state index contributed by atoms with van der Waals surface area (Å²) >= 11 is 0. The fourth-order valence-electron chi connectivity index (χ4n) is 2.41. The zero-order valence-electron chi connectivity index (χ0n) is 11.1. The van der Waals surface area contributed by atoms with E-state index in [4.69, 9.17) is 0 Å². The summed E-state index contributed by atoms with van der Waals surface area (Å²) < 4.78 is 0. The molecule has 0 radical (unpaired) electrons. The first kappa shape index (κ1) is 14.7. The van der Waals surface area contributed by atoms with E-state index in [1.165, 1.54) is 25.7 Å². The molecule has 0 heterocycles. The lowest BCUT2D eigenvalue weighted by Gasteiger charge is -2.31. The molecule has 0 fully saturated rings. The Morgan fingerprint density at radius 3 is 1.60 bits per heavy atom. The molecule has 0 aromatic rings. The van der Waals surface area contributed by atoms with Crippen molar-refractivity contribution in [2.75, 3.05) is 0 Å². The molecule has 0 N–H and O–H groups in total. The van der Waals surface area contributed by atoms with Crippen molar-refractivity contribution in [1.82, 2.24) is 0 Å². The number of Topliss-reactive ketones (excluding diaryl/α,β-unsaturated/α-hetero) is 1. The van der Waals surface area contributed by atoms with Crippen LogP contribution < -0.4 is 0 Å². The van der Waals surface area contributed by atoms with Crippen molar-refractivity contribution < 1.29 is 4.79 Å². The Kier molecular flexibility index (Phi) is 7.72. The summed E-state index contributed by atoms with van der Waals surface area (Å²) in [7, 11) is 0. The van der Waals surface area contributed by atoms with Gasteiger partial charge < -0.3 is 0 Å². The van der Waals surface area contributed by atoms with E-state index in [9.17, 15) is 4.79 Å². The maximum Gasteiger partial charge on any atom is 0.135 e. The predicted molar refractivity (Wildman–Crippen MR) is 67.1 cm³/mol. The van der Waals surface area contributed by atoms with Gasteiger partial charge in [0.25, 0.3) is 0 Å². The second-order valence-corrected chi connectivity index (χ2v) is 4.79. The summed E-state index contributed by atoms with van der Waals surface area (Å²) in [5.41, 5.74) is 0.0147. The first-order valence-corrected chi connectivity index (χ1v) is 6.64. The quantitative estimate of drug-likeness (QED) is 0.539. The van der Waals surface area contributed by atoms with Crippen LogP contribution in [0.15, 0.2) is 0 Å². The van der Waals surface area contributed by atoms with E-state index >= 15 is 0 Å². The number of rotatable bonds is 9. The van der Waals surface area contributed by atoms with Crippen LogP contribution in [0.2, 0.25) is 0 Å². The van der Waals surface area contributed by atoms with Crippen LogP contribution in [0.25, 0.3) is 0 Å². The van der Waals surface area contributed by atoms with Crippen molar-refractivity contribution in [1.29, 1.82) is 0 Å². The van der Waals surface area contributed by atoms with Crippen LogP contribution in [0.5, 0.6) is 0 Å². The van der Waals surface area contributed by atoms with Gasteiger partial charge >= 0.3 is 0 Å². The minimum atomic E-state index is 0.0147. The zero-order valence-corrected chi connectivity index (χ0v) is 11.1. The van der Waals surface area contributed by atoms with Gasteiger partial charge in [-0.05, 0) is 26.2 Å². The fourth-order valence-corrected chi connectivity index (χ4v) is 2.41. The van der Waals surface area contributed by atoms with Gasteiger partial charge in [0.05, 0.1) is 0 Å². The molecule has 0 aliphatic rings. The highest BCUT2D eigenvalue weighted by molar-refractivity contribution is 5.82. The molecule has 0 spiro atoms. The molecule has 0 aromatic carbocycles. The lowest BCUT2D eigenvalue weighted by Crippen LogP contribution is -2.29. The maximum atomic E-state index is 11.9. The highest BCUT2D eigenvalue weighted by Gasteiger charge is 2.32. The molecule has 90 valence electrons. The fraction of sp³-hybridized carbons (Fsp3) is 0.929. The van der Waals surface area contributed by atoms with Gasteiger partial charge in [0.1, 0.15) is 5.78 Å². The first-order valence-electron chi connectivity index (χ1n) is 6.64. The molecule has 0 unspecified atom stereocenters. The monoisotopic (exact) mass is 212 g/mol. The van der Waals surface area contributed by atoms with Crippen molar-refractivity contribution in [3.63, 3.8) is 0 Å². The number of carbonyl (C=O) groups is 1. The van der Waals surface area contributed by atoms with E-state index in [-0.39, 0.29) is 5.41 Å². The highest BCUT2D eigenvalue weighted by atomic mass is 16.1. The molecule has 15 heavy (non-hydrogen) atoms. The summed E-state index contributed by atoms with van der Waals surface area (Å²) in [6, 6.07) is 0. The summed E-state index contributed by atoms with van der Waals surface area (Å²) in [4.78, 5) is 11.9. The van der Waals surface area contributed by atoms with Gasteiger partial charge in [0.15, 0.2) is 0 Å². The van der Waals surface area contributed by atoms with Crippen molar-refractivity contribution in [3.05, 3.63) is 0 Å². The summed E-state index contributed by atoms with van der Waals surface area (Å²) in [6.45, 7) is 8.39. The third-order valence-corrected chi connectivity index (χ3v) is 3.49. The lowest BCUT2D eigenvalue weighted by atomic mass is 9.72. The summed E-state index contributed by atoms with van der Waals surface area (Å²) in [5.74, 6) is 0.422. The molecular weight excluding hydrogens is 184 g/mol. The topological polar surface area (TPSA) is 17.1 Å². The standard InChI is InChI=1S/C14H28O/c1-5-8-11-14(10-7-3,13(4)15)12-9-6-2/h5-12H2,1-4H3. The van der Waals surface area contributed by atoms with Gasteiger partial charge in [-0.15, -0.1) is 0 Å². The molecule has 0 bridgehead atoms. The van der Waals surface area contributed by atoms with Gasteiger partial charge in [0.2, 0.25) is 0 Å². The van der Waals surface area contributed by atoms with Crippen molar-refractivity contribution in [3.8, 4) is 0 Å². The van der Waals surface area contributed by atoms with Gasteiger partial charge in [-0.25, -0.2) is 0 Å². The Morgan fingerprint density at radius 2 is 1.33 bits per heavy atom. The van der Waals surface area contributed by atoms with E-state index in [1.807, 2.05) is 0 Å². The average molecular weight is 212 g/mol. The number of carbonyl (C=O) groups excluding carboxylic acids is 1. The van der Waals surface area contributed by atoms with Crippen LogP contribution in [0.4, 0.5) is 0 Å². The zero-order chi connectivity index (χ0) is 11.7. The second kappa shape index (κ2) is 7.90. The average Bonchev–Trinajstić information content (AvgIpc) is 2.22. The van der Waals surface area contributed by atoms with Gasteiger partial charge in [-0.2, -0.15) is 0 Å². The molecule has 0 rings (SSSR count). The summed E-state index contributed by atoms with van der Waals surface area (Å²) in [6.07, 6.45) is 9.22. The third-order valence-electron chi connectivity index (χ3n) is 3.49. The SMILES string of the molecule is CCCCC(CCC)(CCCC)C(C)=O. The largest absolute Gasteiger partial charge is 0.299 e. The minimum absolute atomic E-state index is 0.0147. The molecule has 0 amide bonds. The molecule has 0 saturated carbocycles. The van der Waals surface area contributed by atoms with Crippen LogP contribution >= 0.6 is 0 Å². The molecule has 0 aliphatic carbocycles. The number of hydrogen-bond donors (Lipinski definition) is 0. The van der Waals surface area contributed by atoms with Crippen LogP contribution in [-0.4, -0.2) is 5.78 Å². The van der Waals surface area contributed by atoms with Crippen LogP contribution in [0.3, 0.4) is 0 Å². The van der Waals surface area contributed by atoms with Crippen LogP contribution in [-0.2, 0) is 4.79 Å². The second-order valence-electron chi connectivity index (χ2n) is 4.79. The predicted octanol–water partition coefficient (Wildman–Crippen LogP) is 4.74. The van der Waals surface area contributed by atoms with E-state index in [2.05, 4.69) is 20.8 Å². The van der Waals surface area contributed by atoms with Gasteiger partial charge in [-0.1, -0.05) is 52.9 Å². The number of unbranched alkanes of at least 4 members (excludes halogenated alkanes) is 2. The van der Waals surface area contributed by atoms with E-state index in [1.54, 1.807) is 6.92 Å².